The van der Waals surface area contributed by atoms with E-state index < -0.39 is 0 Å². The molecule has 3 aromatic carbocycles. The summed E-state index contributed by atoms with van der Waals surface area (Å²) < 4.78 is 6.15. The third-order valence-corrected chi connectivity index (χ3v) is 4.66. The summed E-state index contributed by atoms with van der Waals surface area (Å²) in [5, 5.41) is 17.2. The van der Waals surface area contributed by atoms with Crippen LogP contribution in [0.25, 0.3) is 10.8 Å². The van der Waals surface area contributed by atoms with Crippen molar-refractivity contribution >= 4 is 55.6 Å². The highest BCUT2D eigenvalue weighted by Gasteiger charge is 2.12. The Morgan fingerprint density at radius 1 is 1.19 bits per heavy atom. The zero-order chi connectivity index (χ0) is 19.4. The van der Waals surface area contributed by atoms with Gasteiger partial charge in [-0.2, -0.15) is 0 Å². The Morgan fingerprint density at radius 2 is 2.00 bits per heavy atom. The molecule has 0 heterocycles. The van der Waals surface area contributed by atoms with Crippen LogP contribution >= 0.6 is 28.1 Å². The number of amides is 1. The zero-order valence-electron chi connectivity index (χ0n) is 14.5. The third kappa shape index (κ3) is 4.56. The van der Waals surface area contributed by atoms with Gasteiger partial charge < -0.3 is 15.2 Å². The Hall–Kier alpha value is -2.64. The number of phenolic OH excluding ortho intramolecular Hbond substituents is 1. The number of hydrogen-bond donors (Lipinski definition) is 3. The number of halogens is 1. The molecule has 0 bridgehead atoms. The maximum Gasteiger partial charge on any atom is 0.257 e. The molecule has 0 fully saturated rings. The monoisotopic (exact) mass is 444 g/mol. The normalized spacial score (nSPS) is 10.4. The van der Waals surface area contributed by atoms with Crippen LogP contribution in [0, 0.1) is 0 Å². The summed E-state index contributed by atoms with van der Waals surface area (Å²) in [6.07, 6.45) is 0. The van der Waals surface area contributed by atoms with Crippen LogP contribution in [0.3, 0.4) is 0 Å². The van der Waals surface area contributed by atoms with Crippen molar-refractivity contribution in [1.82, 2.24) is 5.32 Å². The van der Waals surface area contributed by atoms with E-state index in [4.69, 9.17) is 17.0 Å². The van der Waals surface area contributed by atoms with Crippen molar-refractivity contribution in [2.75, 3.05) is 11.9 Å². The quantitative estimate of drug-likeness (QED) is 0.502. The largest absolute Gasteiger partial charge is 0.508 e. The van der Waals surface area contributed by atoms with Crippen LogP contribution in [-0.4, -0.2) is 22.7 Å². The number of aromatic hydroxyl groups is 1. The number of hydrogen-bond acceptors (Lipinski definition) is 4. The van der Waals surface area contributed by atoms with Gasteiger partial charge in [-0.3, -0.25) is 10.1 Å². The molecule has 7 heteroatoms. The smallest absolute Gasteiger partial charge is 0.257 e. The van der Waals surface area contributed by atoms with Gasteiger partial charge in [-0.15, -0.1) is 0 Å². The summed E-state index contributed by atoms with van der Waals surface area (Å²) in [6.45, 7) is 2.44. The molecular weight excluding hydrogens is 428 g/mol. The van der Waals surface area contributed by atoms with Crippen molar-refractivity contribution in [1.29, 1.82) is 0 Å². The molecule has 5 nitrogen and oxygen atoms in total. The van der Waals surface area contributed by atoms with Crippen molar-refractivity contribution < 1.29 is 14.6 Å². The van der Waals surface area contributed by atoms with E-state index in [1.54, 1.807) is 36.4 Å². The van der Waals surface area contributed by atoms with Crippen molar-refractivity contribution in [3.63, 3.8) is 0 Å². The molecule has 138 valence electrons. The summed E-state index contributed by atoms with van der Waals surface area (Å²) in [5.74, 6) is 0.541. The fraction of sp³-hybridized carbons (Fsp3) is 0.100. The number of anilines is 1. The molecule has 0 unspecified atom stereocenters. The minimum absolute atomic E-state index is 0.186. The minimum Gasteiger partial charge on any atom is -0.508 e. The second-order valence-corrected chi connectivity index (χ2v) is 6.96. The first kappa shape index (κ1) is 19.1. The van der Waals surface area contributed by atoms with Gasteiger partial charge in [-0.05, 0) is 82.9 Å². The van der Waals surface area contributed by atoms with Crippen molar-refractivity contribution in [3.8, 4) is 11.5 Å². The highest BCUT2D eigenvalue weighted by Crippen LogP contribution is 2.27. The highest BCUT2D eigenvalue weighted by molar-refractivity contribution is 9.10. The first-order chi connectivity index (χ1) is 13.0. The fourth-order valence-electron chi connectivity index (χ4n) is 2.62. The number of ether oxygens (including phenoxy) is 1. The topological polar surface area (TPSA) is 70.6 Å². The van der Waals surface area contributed by atoms with Gasteiger partial charge >= 0.3 is 0 Å². The number of benzene rings is 3. The maximum atomic E-state index is 12.4. The Labute approximate surface area is 170 Å². The number of rotatable bonds is 4. The summed E-state index contributed by atoms with van der Waals surface area (Å²) in [5.41, 5.74) is 1.20. The second-order valence-electron chi connectivity index (χ2n) is 5.70. The van der Waals surface area contributed by atoms with Gasteiger partial charge in [-0.25, -0.2) is 0 Å². The molecule has 0 spiro atoms. The van der Waals surface area contributed by atoms with Crippen LogP contribution in [0.5, 0.6) is 11.5 Å². The van der Waals surface area contributed by atoms with E-state index >= 15 is 0 Å². The lowest BCUT2D eigenvalue weighted by Gasteiger charge is -2.13. The minimum atomic E-state index is -0.325. The van der Waals surface area contributed by atoms with E-state index in [9.17, 15) is 9.90 Å². The first-order valence-electron chi connectivity index (χ1n) is 8.24. The highest BCUT2D eigenvalue weighted by atomic mass is 79.9. The molecule has 0 aliphatic heterocycles. The number of thiocarbonyl (C=S) groups is 1. The maximum absolute atomic E-state index is 12.4. The number of phenols is 1. The molecule has 3 rings (SSSR count). The number of nitrogens with one attached hydrogen (secondary N) is 2. The van der Waals surface area contributed by atoms with Crippen LogP contribution in [0.2, 0.25) is 0 Å². The molecule has 0 aromatic heterocycles. The summed E-state index contributed by atoms with van der Waals surface area (Å²) in [4.78, 5) is 12.4. The van der Waals surface area contributed by atoms with E-state index in [1.165, 1.54) is 0 Å². The lowest BCUT2D eigenvalue weighted by Crippen LogP contribution is -2.34. The van der Waals surface area contributed by atoms with E-state index in [0.717, 1.165) is 16.5 Å². The summed E-state index contributed by atoms with van der Waals surface area (Å²) in [6, 6.07) is 15.7. The van der Waals surface area contributed by atoms with Crippen LogP contribution in [0.1, 0.15) is 17.3 Å². The molecule has 3 aromatic rings. The van der Waals surface area contributed by atoms with E-state index in [-0.39, 0.29) is 16.8 Å². The molecule has 0 saturated heterocycles. The standard InChI is InChI=1S/C20H17BrN2O3S/c1-2-26-18-9-6-13(11-16(18)21)19(25)23-20(27)22-17-5-3-4-12-10-14(24)7-8-15(12)17/h3-11,24H,2H2,1H3,(H2,22,23,25,27). The van der Waals surface area contributed by atoms with Gasteiger partial charge in [0.25, 0.3) is 5.91 Å². The number of fused-ring (bicyclic) bond motifs is 1. The van der Waals surface area contributed by atoms with Crippen LogP contribution < -0.4 is 15.4 Å². The Bertz CT molecular complexity index is 1020. The van der Waals surface area contributed by atoms with E-state index in [2.05, 4.69) is 26.6 Å². The van der Waals surface area contributed by atoms with Crippen molar-refractivity contribution in [2.45, 2.75) is 6.92 Å². The number of carbonyl (C=O) groups excluding carboxylic acids is 1. The predicted octanol–water partition coefficient (Wildman–Crippen LogP) is 4.83. The van der Waals surface area contributed by atoms with Gasteiger partial charge in [0.1, 0.15) is 11.5 Å². The van der Waals surface area contributed by atoms with E-state index in [1.807, 2.05) is 25.1 Å². The van der Waals surface area contributed by atoms with Crippen LogP contribution in [0.4, 0.5) is 5.69 Å². The van der Waals surface area contributed by atoms with Gasteiger partial charge in [0.05, 0.1) is 11.1 Å². The molecule has 0 aliphatic rings. The van der Waals surface area contributed by atoms with E-state index in [0.29, 0.717) is 22.4 Å². The lowest BCUT2D eigenvalue weighted by molar-refractivity contribution is 0.0977. The third-order valence-electron chi connectivity index (χ3n) is 3.83. The zero-order valence-corrected chi connectivity index (χ0v) is 16.9. The Morgan fingerprint density at radius 3 is 2.74 bits per heavy atom. The Kier molecular flexibility index (Phi) is 5.93. The van der Waals surface area contributed by atoms with Crippen molar-refractivity contribution in [3.05, 3.63) is 64.6 Å². The molecule has 0 saturated carbocycles. The summed E-state index contributed by atoms with van der Waals surface area (Å²) in [7, 11) is 0. The van der Waals surface area contributed by atoms with Crippen LogP contribution in [0.15, 0.2) is 59.1 Å². The second kappa shape index (κ2) is 8.37. The Balaban J connectivity index is 1.73. The average molecular weight is 445 g/mol. The molecule has 3 N–H and O–H groups in total. The average Bonchev–Trinajstić information content (AvgIpc) is 2.63. The van der Waals surface area contributed by atoms with Gasteiger partial charge in [0.15, 0.2) is 5.11 Å². The van der Waals surface area contributed by atoms with Gasteiger partial charge in [0, 0.05) is 16.6 Å². The van der Waals surface area contributed by atoms with Crippen LogP contribution in [-0.2, 0) is 0 Å². The lowest BCUT2D eigenvalue weighted by atomic mass is 10.1. The molecule has 0 aliphatic carbocycles. The molecule has 0 radical (unpaired) electrons. The van der Waals surface area contributed by atoms with Crippen molar-refractivity contribution in [2.24, 2.45) is 0 Å². The molecule has 0 atom stereocenters. The molecule has 27 heavy (non-hydrogen) atoms. The molecular formula is C20H17BrN2O3S. The summed E-state index contributed by atoms with van der Waals surface area (Å²) >= 11 is 8.67. The fourth-order valence-corrected chi connectivity index (χ4v) is 3.32. The number of carbonyl (C=O) groups is 1. The van der Waals surface area contributed by atoms with Gasteiger partial charge in [0.2, 0.25) is 0 Å². The SMILES string of the molecule is CCOc1ccc(C(=O)NC(=S)Nc2cccc3cc(O)ccc23)cc1Br. The molecule has 1 amide bonds. The van der Waals surface area contributed by atoms with Gasteiger partial charge in [-0.1, -0.05) is 12.1 Å². The first-order valence-corrected chi connectivity index (χ1v) is 9.44. The predicted molar refractivity (Wildman–Crippen MR) is 115 cm³/mol.